The molecule has 0 spiro atoms. The molecule has 7 heteroatoms. The molecule has 0 radical (unpaired) electrons. The lowest BCUT2D eigenvalue weighted by Crippen LogP contribution is -2.35. The van der Waals surface area contributed by atoms with Gasteiger partial charge in [0.1, 0.15) is 0 Å². The molecular weight excluding hydrogens is 408 g/mol. The molecule has 29 heavy (non-hydrogen) atoms. The third-order valence-electron chi connectivity index (χ3n) is 4.86. The number of aryl methyl sites for hydroxylation is 1. The van der Waals surface area contributed by atoms with Crippen LogP contribution in [0.1, 0.15) is 22.3 Å². The average molecular weight is 427 g/mol. The molecule has 0 fully saturated rings. The standard InChI is InChI=1S/C22H19ClN2O3S/c23-20-13-12-17(24-29(27,28)18-9-2-1-3-10-18)15-19(20)22(26)25-14-6-8-16-7-4-5-11-21(16)25/h1-5,7,9-13,15,24H,6,8,14H2. The SMILES string of the molecule is O=C(c1cc(NS(=O)(=O)c2ccccc2)ccc1Cl)N1CCCc2ccccc21. The Balaban J connectivity index is 1.65. The highest BCUT2D eigenvalue weighted by molar-refractivity contribution is 7.92. The Morgan fingerprint density at radius 3 is 2.48 bits per heavy atom. The summed E-state index contributed by atoms with van der Waals surface area (Å²) in [5.74, 6) is -0.247. The lowest BCUT2D eigenvalue weighted by molar-refractivity contribution is 0.0985. The van der Waals surface area contributed by atoms with E-state index in [1.165, 1.54) is 24.3 Å². The number of carbonyl (C=O) groups excluding carboxylic acids is 1. The minimum Gasteiger partial charge on any atom is -0.308 e. The van der Waals surface area contributed by atoms with Crippen molar-refractivity contribution < 1.29 is 13.2 Å². The predicted molar refractivity (Wildman–Crippen MR) is 115 cm³/mol. The van der Waals surface area contributed by atoms with E-state index in [4.69, 9.17) is 11.6 Å². The van der Waals surface area contributed by atoms with Crippen LogP contribution in [-0.2, 0) is 16.4 Å². The summed E-state index contributed by atoms with van der Waals surface area (Å²) in [5.41, 5.74) is 2.53. The molecule has 3 aromatic rings. The number of hydrogen-bond acceptors (Lipinski definition) is 3. The predicted octanol–water partition coefficient (Wildman–Crippen LogP) is 4.73. The molecule has 148 valence electrons. The monoisotopic (exact) mass is 426 g/mol. The van der Waals surface area contributed by atoms with Crippen LogP contribution in [-0.4, -0.2) is 20.9 Å². The fraction of sp³-hybridized carbons (Fsp3) is 0.136. The fourth-order valence-electron chi connectivity index (χ4n) is 3.46. The van der Waals surface area contributed by atoms with Crippen molar-refractivity contribution in [3.8, 4) is 0 Å². The number of sulfonamides is 1. The number of benzene rings is 3. The van der Waals surface area contributed by atoms with Crippen molar-refractivity contribution in [2.75, 3.05) is 16.2 Å². The highest BCUT2D eigenvalue weighted by Crippen LogP contribution is 2.31. The third kappa shape index (κ3) is 3.99. The van der Waals surface area contributed by atoms with Crippen LogP contribution < -0.4 is 9.62 Å². The first-order valence-corrected chi connectivity index (χ1v) is 11.1. The summed E-state index contributed by atoms with van der Waals surface area (Å²) in [4.78, 5) is 15.1. The molecule has 0 saturated carbocycles. The number of hydrogen-bond donors (Lipinski definition) is 1. The Bertz CT molecular complexity index is 1160. The zero-order valence-electron chi connectivity index (χ0n) is 15.5. The molecule has 4 rings (SSSR count). The van der Waals surface area contributed by atoms with E-state index in [9.17, 15) is 13.2 Å². The molecule has 0 saturated heterocycles. The van der Waals surface area contributed by atoms with Crippen LogP contribution in [0.25, 0.3) is 0 Å². The Hall–Kier alpha value is -2.83. The molecule has 0 aliphatic carbocycles. The number of amides is 1. The molecule has 3 aromatic carbocycles. The number of carbonyl (C=O) groups is 1. The van der Waals surface area contributed by atoms with E-state index in [0.29, 0.717) is 6.54 Å². The third-order valence-corrected chi connectivity index (χ3v) is 6.58. The number of anilines is 2. The van der Waals surface area contributed by atoms with Gasteiger partial charge >= 0.3 is 0 Å². The van der Waals surface area contributed by atoms with Gasteiger partial charge in [-0.25, -0.2) is 8.42 Å². The Labute approximate surface area is 175 Å². The lowest BCUT2D eigenvalue weighted by atomic mass is 10.0. The van der Waals surface area contributed by atoms with Crippen molar-refractivity contribution in [1.29, 1.82) is 0 Å². The second kappa shape index (κ2) is 7.89. The summed E-state index contributed by atoms with van der Waals surface area (Å²) >= 11 is 6.30. The van der Waals surface area contributed by atoms with Gasteiger partial charge in [-0.05, 0) is 54.8 Å². The van der Waals surface area contributed by atoms with Crippen molar-refractivity contribution in [2.24, 2.45) is 0 Å². The normalized spacial score (nSPS) is 13.6. The van der Waals surface area contributed by atoms with Crippen molar-refractivity contribution >= 4 is 38.9 Å². The number of rotatable bonds is 4. The van der Waals surface area contributed by atoms with Crippen molar-refractivity contribution in [1.82, 2.24) is 0 Å². The lowest BCUT2D eigenvalue weighted by Gasteiger charge is -2.29. The molecule has 1 heterocycles. The topological polar surface area (TPSA) is 66.5 Å². The van der Waals surface area contributed by atoms with Crippen LogP contribution in [0, 0.1) is 0 Å². The second-order valence-electron chi connectivity index (χ2n) is 6.80. The van der Waals surface area contributed by atoms with Gasteiger partial charge in [-0.2, -0.15) is 0 Å². The summed E-state index contributed by atoms with van der Waals surface area (Å²) in [7, 11) is -3.76. The van der Waals surface area contributed by atoms with Gasteiger partial charge in [0.25, 0.3) is 15.9 Å². The Morgan fingerprint density at radius 1 is 0.966 bits per heavy atom. The molecular formula is C22H19ClN2O3S. The zero-order chi connectivity index (χ0) is 20.4. The molecule has 1 N–H and O–H groups in total. The number of fused-ring (bicyclic) bond motifs is 1. The van der Waals surface area contributed by atoms with E-state index >= 15 is 0 Å². The molecule has 5 nitrogen and oxygen atoms in total. The van der Waals surface area contributed by atoms with Crippen LogP contribution in [0.5, 0.6) is 0 Å². The summed E-state index contributed by atoms with van der Waals surface area (Å²) in [6.07, 6.45) is 1.78. The van der Waals surface area contributed by atoms with Crippen LogP contribution in [0.4, 0.5) is 11.4 Å². The van der Waals surface area contributed by atoms with E-state index < -0.39 is 10.0 Å². The maximum atomic E-state index is 13.2. The van der Waals surface area contributed by atoms with Crippen molar-refractivity contribution in [2.45, 2.75) is 17.7 Å². The minimum atomic E-state index is -3.76. The summed E-state index contributed by atoms with van der Waals surface area (Å²) < 4.78 is 27.7. The van der Waals surface area contributed by atoms with Crippen molar-refractivity contribution in [3.63, 3.8) is 0 Å². The minimum absolute atomic E-state index is 0.146. The fourth-order valence-corrected chi connectivity index (χ4v) is 4.73. The van der Waals surface area contributed by atoms with Gasteiger partial charge in [0.2, 0.25) is 0 Å². The molecule has 0 bridgehead atoms. The number of nitrogens with one attached hydrogen (secondary N) is 1. The smallest absolute Gasteiger partial charge is 0.261 e. The molecule has 1 aliphatic heterocycles. The van der Waals surface area contributed by atoms with E-state index in [0.717, 1.165) is 24.1 Å². The largest absolute Gasteiger partial charge is 0.308 e. The van der Waals surface area contributed by atoms with Gasteiger partial charge in [-0.3, -0.25) is 9.52 Å². The molecule has 0 atom stereocenters. The quantitative estimate of drug-likeness (QED) is 0.655. The van der Waals surface area contributed by atoms with Crippen LogP contribution in [0.2, 0.25) is 5.02 Å². The molecule has 0 aromatic heterocycles. The van der Waals surface area contributed by atoms with Crippen LogP contribution in [0.3, 0.4) is 0 Å². The van der Waals surface area contributed by atoms with E-state index in [1.807, 2.05) is 24.3 Å². The van der Waals surface area contributed by atoms with E-state index in [1.54, 1.807) is 29.2 Å². The summed E-state index contributed by atoms with van der Waals surface area (Å²) in [6, 6.07) is 20.4. The summed E-state index contributed by atoms with van der Waals surface area (Å²) in [5, 5.41) is 0.278. The Kier molecular flexibility index (Phi) is 5.30. The summed E-state index contributed by atoms with van der Waals surface area (Å²) in [6.45, 7) is 0.589. The first kappa shape index (κ1) is 19.5. The first-order valence-electron chi connectivity index (χ1n) is 9.23. The second-order valence-corrected chi connectivity index (χ2v) is 8.89. The van der Waals surface area contributed by atoms with Gasteiger partial charge in [0.15, 0.2) is 0 Å². The van der Waals surface area contributed by atoms with Gasteiger partial charge in [-0.1, -0.05) is 48.0 Å². The first-order chi connectivity index (χ1) is 14.0. The van der Waals surface area contributed by atoms with E-state index in [-0.39, 0.29) is 27.1 Å². The Morgan fingerprint density at radius 2 is 1.69 bits per heavy atom. The highest BCUT2D eigenvalue weighted by atomic mass is 35.5. The number of para-hydroxylation sites is 1. The van der Waals surface area contributed by atoms with Gasteiger partial charge in [0, 0.05) is 17.9 Å². The average Bonchev–Trinajstić information content (AvgIpc) is 2.74. The maximum Gasteiger partial charge on any atom is 0.261 e. The van der Waals surface area contributed by atoms with Crippen LogP contribution in [0.15, 0.2) is 77.7 Å². The number of nitrogens with zero attached hydrogens (tertiary/aromatic N) is 1. The van der Waals surface area contributed by atoms with Gasteiger partial charge in [-0.15, -0.1) is 0 Å². The number of halogens is 1. The van der Waals surface area contributed by atoms with Crippen molar-refractivity contribution in [3.05, 3.63) is 88.9 Å². The highest BCUT2D eigenvalue weighted by Gasteiger charge is 2.25. The molecule has 1 aliphatic rings. The van der Waals surface area contributed by atoms with Crippen LogP contribution >= 0.6 is 11.6 Å². The van der Waals surface area contributed by atoms with E-state index in [2.05, 4.69) is 4.72 Å². The zero-order valence-corrected chi connectivity index (χ0v) is 17.1. The van der Waals surface area contributed by atoms with Gasteiger partial charge in [0.05, 0.1) is 15.5 Å². The van der Waals surface area contributed by atoms with Gasteiger partial charge < -0.3 is 4.90 Å². The molecule has 1 amide bonds. The molecule has 0 unspecified atom stereocenters. The maximum absolute atomic E-state index is 13.2.